The van der Waals surface area contributed by atoms with Gasteiger partial charge in [-0.25, -0.2) is 0 Å². The van der Waals surface area contributed by atoms with Crippen molar-refractivity contribution in [3.05, 3.63) is 44.4 Å². The summed E-state index contributed by atoms with van der Waals surface area (Å²) >= 11 is 1.02. The Morgan fingerprint density at radius 3 is 2.54 bits per heavy atom. The van der Waals surface area contributed by atoms with Crippen molar-refractivity contribution in [3.8, 4) is 0 Å². The van der Waals surface area contributed by atoms with E-state index in [0.717, 1.165) is 23.7 Å². The standard InChI is InChI=1S/C16H16F3N5O3S/c1-2-11-14(28-21-20-11)15(25)23-7-5-22(6-8-23)12-4-3-10(16(17,18)19)9-13(12)24(26)27/h3-4,9H,2,5-8H2,1H3. The van der Waals surface area contributed by atoms with E-state index in [9.17, 15) is 28.1 Å². The number of nitro groups is 1. The maximum Gasteiger partial charge on any atom is 0.416 e. The van der Waals surface area contributed by atoms with Crippen molar-refractivity contribution in [2.75, 3.05) is 31.1 Å². The molecule has 1 aromatic heterocycles. The topological polar surface area (TPSA) is 92.5 Å². The molecule has 0 N–H and O–H groups in total. The monoisotopic (exact) mass is 415 g/mol. The molecule has 2 heterocycles. The fraction of sp³-hybridized carbons (Fsp3) is 0.438. The lowest BCUT2D eigenvalue weighted by Gasteiger charge is -2.35. The molecular formula is C16H16F3N5O3S. The van der Waals surface area contributed by atoms with Gasteiger partial charge in [-0.1, -0.05) is 11.4 Å². The van der Waals surface area contributed by atoms with Crippen LogP contribution in [0.25, 0.3) is 0 Å². The molecule has 2 aromatic rings. The van der Waals surface area contributed by atoms with Crippen LogP contribution in [0, 0.1) is 10.1 Å². The molecule has 0 radical (unpaired) electrons. The van der Waals surface area contributed by atoms with Gasteiger partial charge in [0, 0.05) is 32.2 Å². The maximum atomic E-state index is 12.9. The molecule has 3 rings (SSSR count). The van der Waals surface area contributed by atoms with Gasteiger partial charge in [0.25, 0.3) is 11.6 Å². The number of alkyl halides is 3. The van der Waals surface area contributed by atoms with Gasteiger partial charge in [0.05, 0.1) is 16.2 Å². The smallest absolute Gasteiger partial charge is 0.362 e. The highest BCUT2D eigenvalue weighted by Gasteiger charge is 2.34. The lowest BCUT2D eigenvalue weighted by atomic mass is 10.1. The number of carbonyl (C=O) groups excluding carboxylic acids is 1. The van der Waals surface area contributed by atoms with Crippen molar-refractivity contribution < 1.29 is 22.9 Å². The van der Waals surface area contributed by atoms with E-state index in [1.54, 1.807) is 9.80 Å². The number of carbonyl (C=O) groups is 1. The van der Waals surface area contributed by atoms with Gasteiger partial charge in [0.1, 0.15) is 10.6 Å². The number of benzene rings is 1. The first-order valence-electron chi connectivity index (χ1n) is 8.43. The van der Waals surface area contributed by atoms with Crippen molar-refractivity contribution in [2.24, 2.45) is 0 Å². The van der Waals surface area contributed by atoms with Crippen LogP contribution in [-0.2, 0) is 12.6 Å². The van der Waals surface area contributed by atoms with E-state index in [4.69, 9.17) is 0 Å². The molecular weight excluding hydrogens is 399 g/mol. The molecule has 150 valence electrons. The molecule has 1 aliphatic heterocycles. The summed E-state index contributed by atoms with van der Waals surface area (Å²) in [6.07, 6.45) is -4.08. The maximum absolute atomic E-state index is 12.9. The molecule has 0 atom stereocenters. The van der Waals surface area contributed by atoms with E-state index < -0.39 is 22.4 Å². The summed E-state index contributed by atoms with van der Waals surface area (Å²) < 4.78 is 42.4. The Morgan fingerprint density at radius 1 is 1.29 bits per heavy atom. The van der Waals surface area contributed by atoms with Crippen LogP contribution in [0.2, 0.25) is 0 Å². The Labute approximate surface area is 161 Å². The predicted octanol–water partition coefficient (Wildman–Crippen LogP) is 2.99. The lowest BCUT2D eigenvalue weighted by molar-refractivity contribution is -0.384. The summed E-state index contributed by atoms with van der Waals surface area (Å²) in [5, 5.41) is 15.2. The summed E-state index contributed by atoms with van der Waals surface area (Å²) in [7, 11) is 0. The van der Waals surface area contributed by atoms with Crippen molar-refractivity contribution in [1.29, 1.82) is 0 Å². The van der Waals surface area contributed by atoms with Crippen molar-refractivity contribution in [2.45, 2.75) is 19.5 Å². The van der Waals surface area contributed by atoms with E-state index in [0.29, 0.717) is 23.1 Å². The van der Waals surface area contributed by atoms with Crippen molar-refractivity contribution in [3.63, 3.8) is 0 Å². The number of hydrogen-bond acceptors (Lipinski definition) is 7. The number of aromatic nitrogens is 2. The van der Waals surface area contributed by atoms with Gasteiger partial charge < -0.3 is 9.80 Å². The number of nitrogens with zero attached hydrogens (tertiary/aromatic N) is 5. The van der Waals surface area contributed by atoms with Crippen LogP contribution in [0.5, 0.6) is 0 Å². The molecule has 0 saturated carbocycles. The first-order valence-corrected chi connectivity index (χ1v) is 9.20. The third kappa shape index (κ3) is 3.91. The average molecular weight is 415 g/mol. The molecule has 1 aliphatic rings. The Hall–Kier alpha value is -2.76. The van der Waals surface area contributed by atoms with Crippen LogP contribution < -0.4 is 4.90 Å². The molecule has 12 heteroatoms. The normalized spacial score (nSPS) is 15.0. The third-order valence-corrected chi connectivity index (χ3v) is 5.25. The summed E-state index contributed by atoms with van der Waals surface area (Å²) in [4.78, 5) is 26.8. The zero-order valence-corrected chi connectivity index (χ0v) is 15.6. The Morgan fingerprint density at radius 2 is 1.96 bits per heavy atom. The zero-order chi connectivity index (χ0) is 20.5. The van der Waals surface area contributed by atoms with Gasteiger partial charge in [-0.3, -0.25) is 14.9 Å². The number of hydrogen-bond donors (Lipinski definition) is 0. The highest BCUT2D eigenvalue weighted by molar-refractivity contribution is 7.08. The fourth-order valence-corrected chi connectivity index (χ4v) is 3.73. The molecule has 0 unspecified atom stereocenters. The van der Waals surface area contributed by atoms with Gasteiger partial charge in [0.2, 0.25) is 0 Å². The van der Waals surface area contributed by atoms with E-state index in [-0.39, 0.29) is 37.8 Å². The van der Waals surface area contributed by atoms with Crippen molar-refractivity contribution in [1.82, 2.24) is 14.5 Å². The largest absolute Gasteiger partial charge is 0.416 e. The number of piperazine rings is 1. The molecule has 0 bridgehead atoms. The van der Waals surface area contributed by atoms with E-state index >= 15 is 0 Å². The lowest BCUT2D eigenvalue weighted by Crippen LogP contribution is -2.49. The second-order valence-corrected chi connectivity index (χ2v) is 6.89. The fourth-order valence-electron chi connectivity index (χ4n) is 3.01. The average Bonchev–Trinajstić information content (AvgIpc) is 3.15. The van der Waals surface area contributed by atoms with Gasteiger partial charge in [0.15, 0.2) is 0 Å². The van der Waals surface area contributed by atoms with Crippen LogP contribution in [-0.4, -0.2) is 51.5 Å². The quantitative estimate of drug-likeness (QED) is 0.563. The van der Waals surface area contributed by atoms with E-state index in [2.05, 4.69) is 9.59 Å². The molecule has 1 fully saturated rings. The van der Waals surface area contributed by atoms with Crippen LogP contribution in [0.3, 0.4) is 0 Å². The predicted molar refractivity (Wildman–Crippen MR) is 95.5 cm³/mol. The Bertz CT molecular complexity index is 894. The van der Waals surface area contributed by atoms with Gasteiger partial charge in [-0.05, 0) is 30.1 Å². The number of amides is 1. The second kappa shape index (κ2) is 7.70. The number of aryl methyl sites for hydroxylation is 1. The minimum Gasteiger partial charge on any atom is -0.362 e. The summed E-state index contributed by atoms with van der Waals surface area (Å²) in [6.45, 7) is 2.99. The molecule has 28 heavy (non-hydrogen) atoms. The number of halogens is 3. The SMILES string of the molecule is CCc1nnsc1C(=O)N1CCN(c2ccc(C(F)(F)F)cc2[N+](=O)[O-])CC1. The number of nitro benzene ring substituents is 1. The molecule has 1 saturated heterocycles. The van der Waals surface area contributed by atoms with Crippen molar-refractivity contribution >= 4 is 28.8 Å². The minimum absolute atomic E-state index is 0.110. The first kappa shape index (κ1) is 20.0. The van der Waals surface area contributed by atoms with E-state index in [1.165, 1.54) is 0 Å². The highest BCUT2D eigenvalue weighted by Crippen LogP contribution is 2.36. The summed E-state index contributed by atoms with van der Waals surface area (Å²) in [6, 6.07) is 2.49. The van der Waals surface area contributed by atoms with Crippen LogP contribution in [0.1, 0.15) is 27.9 Å². The Kier molecular flexibility index (Phi) is 5.49. The van der Waals surface area contributed by atoms with E-state index in [1.807, 2.05) is 6.92 Å². The highest BCUT2D eigenvalue weighted by atomic mass is 32.1. The van der Waals surface area contributed by atoms with Gasteiger partial charge in [-0.2, -0.15) is 13.2 Å². The molecule has 0 spiro atoms. The zero-order valence-electron chi connectivity index (χ0n) is 14.8. The minimum atomic E-state index is -4.66. The molecule has 8 nitrogen and oxygen atoms in total. The second-order valence-electron chi connectivity index (χ2n) is 6.14. The third-order valence-electron chi connectivity index (χ3n) is 4.49. The van der Waals surface area contributed by atoms with Crippen LogP contribution in [0.15, 0.2) is 18.2 Å². The first-order chi connectivity index (χ1) is 13.2. The van der Waals surface area contributed by atoms with Gasteiger partial charge >= 0.3 is 6.18 Å². The number of rotatable bonds is 4. The van der Waals surface area contributed by atoms with Gasteiger partial charge in [-0.15, -0.1) is 5.10 Å². The summed E-state index contributed by atoms with van der Waals surface area (Å²) in [5.41, 5.74) is -0.939. The molecule has 0 aliphatic carbocycles. The van der Waals surface area contributed by atoms with Crippen LogP contribution in [0.4, 0.5) is 24.5 Å². The Balaban J connectivity index is 1.76. The van der Waals surface area contributed by atoms with Crippen LogP contribution >= 0.6 is 11.5 Å². The number of anilines is 1. The summed E-state index contributed by atoms with van der Waals surface area (Å²) in [5.74, 6) is -0.201. The molecule has 1 aromatic carbocycles. The molecule has 1 amide bonds.